The van der Waals surface area contributed by atoms with Crippen molar-refractivity contribution in [2.75, 3.05) is 12.8 Å². The van der Waals surface area contributed by atoms with Crippen LogP contribution in [0, 0.1) is 0 Å². The Kier molecular flexibility index (Phi) is 3.71. The lowest BCUT2D eigenvalue weighted by atomic mass is 10.1. The second-order valence-corrected chi connectivity index (χ2v) is 4.09. The van der Waals surface area contributed by atoms with Crippen molar-refractivity contribution < 1.29 is 14.3 Å². The number of benzene rings is 2. The highest BCUT2D eigenvalue weighted by molar-refractivity contribution is 5.99. The van der Waals surface area contributed by atoms with Crippen LogP contribution in [0.2, 0.25) is 0 Å². The molecular formula is C15H15NO3. The summed E-state index contributed by atoms with van der Waals surface area (Å²) in [5, 5.41) is 0. The SMILES string of the molecule is COc1cccc(Oc2ccc(N)c(C(C)=O)c2)c1. The van der Waals surface area contributed by atoms with E-state index < -0.39 is 0 Å². The highest BCUT2D eigenvalue weighted by atomic mass is 16.5. The number of ketones is 1. The number of rotatable bonds is 4. The van der Waals surface area contributed by atoms with Gasteiger partial charge in [0.05, 0.1) is 7.11 Å². The van der Waals surface area contributed by atoms with Gasteiger partial charge in [0.1, 0.15) is 17.2 Å². The van der Waals surface area contributed by atoms with Gasteiger partial charge in [-0.2, -0.15) is 0 Å². The number of nitrogens with two attached hydrogens (primary N) is 1. The van der Waals surface area contributed by atoms with Crippen LogP contribution in [0.1, 0.15) is 17.3 Å². The molecule has 0 heterocycles. The van der Waals surface area contributed by atoms with Gasteiger partial charge < -0.3 is 15.2 Å². The van der Waals surface area contributed by atoms with Crippen molar-refractivity contribution >= 4 is 11.5 Å². The minimum atomic E-state index is -0.0893. The van der Waals surface area contributed by atoms with Gasteiger partial charge in [-0.15, -0.1) is 0 Å². The highest BCUT2D eigenvalue weighted by Gasteiger charge is 2.07. The molecule has 0 bridgehead atoms. The highest BCUT2D eigenvalue weighted by Crippen LogP contribution is 2.27. The molecule has 0 saturated heterocycles. The molecule has 19 heavy (non-hydrogen) atoms. The molecule has 0 amide bonds. The smallest absolute Gasteiger partial charge is 0.162 e. The van der Waals surface area contributed by atoms with E-state index in [9.17, 15) is 4.79 Å². The molecule has 0 aliphatic heterocycles. The van der Waals surface area contributed by atoms with E-state index in [4.69, 9.17) is 15.2 Å². The van der Waals surface area contributed by atoms with Gasteiger partial charge >= 0.3 is 0 Å². The minimum absolute atomic E-state index is 0.0893. The lowest BCUT2D eigenvalue weighted by Crippen LogP contribution is -1.99. The molecule has 4 nitrogen and oxygen atoms in total. The third-order valence-electron chi connectivity index (χ3n) is 2.68. The van der Waals surface area contributed by atoms with Crippen LogP contribution in [-0.4, -0.2) is 12.9 Å². The summed E-state index contributed by atoms with van der Waals surface area (Å²) in [5.74, 6) is 1.82. The van der Waals surface area contributed by atoms with E-state index in [2.05, 4.69) is 0 Å². The zero-order valence-electron chi connectivity index (χ0n) is 10.8. The molecule has 0 spiro atoms. The molecule has 2 aromatic carbocycles. The Morgan fingerprint density at radius 1 is 1.05 bits per heavy atom. The number of methoxy groups -OCH3 is 1. The first kappa shape index (κ1) is 13.0. The molecule has 0 atom stereocenters. The molecular weight excluding hydrogens is 242 g/mol. The van der Waals surface area contributed by atoms with E-state index in [0.29, 0.717) is 28.5 Å². The Morgan fingerprint density at radius 2 is 1.74 bits per heavy atom. The van der Waals surface area contributed by atoms with Gasteiger partial charge in [0.2, 0.25) is 0 Å². The molecule has 2 aromatic rings. The van der Waals surface area contributed by atoms with Crippen molar-refractivity contribution in [3.8, 4) is 17.2 Å². The first-order chi connectivity index (χ1) is 9.10. The molecule has 0 radical (unpaired) electrons. The summed E-state index contributed by atoms with van der Waals surface area (Å²) in [6.07, 6.45) is 0. The van der Waals surface area contributed by atoms with Gasteiger partial charge in [0, 0.05) is 17.3 Å². The normalized spacial score (nSPS) is 10.0. The molecule has 0 fully saturated rings. The van der Waals surface area contributed by atoms with Crippen LogP contribution in [0.25, 0.3) is 0 Å². The van der Waals surface area contributed by atoms with E-state index in [0.717, 1.165) is 0 Å². The van der Waals surface area contributed by atoms with Crippen LogP contribution >= 0.6 is 0 Å². The van der Waals surface area contributed by atoms with Crippen molar-refractivity contribution in [1.29, 1.82) is 0 Å². The molecule has 4 heteroatoms. The standard InChI is InChI=1S/C15H15NO3/c1-10(17)14-9-13(6-7-15(14)16)19-12-5-3-4-11(8-12)18-2/h3-9H,16H2,1-2H3. The molecule has 2 N–H and O–H groups in total. The maximum Gasteiger partial charge on any atom is 0.162 e. The lowest BCUT2D eigenvalue weighted by Gasteiger charge is -2.09. The average Bonchev–Trinajstić information content (AvgIpc) is 2.41. The van der Waals surface area contributed by atoms with Gasteiger partial charge in [-0.25, -0.2) is 0 Å². The Hall–Kier alpha value is -2.49. The van der Waals surface area contributed by atoms with Crippen LogP contribution in [0.15, 0.2) is 42.5 Å². The van der Waals surface area contributed by atoms with E-state index in [1.54, 1.807) is 31.4 Å². The van der Waals surface area contributed by atoms with Crippen molar-refractivity contribution in [3.05, 3.63) is 48.0 Å². The molecule has 98 valence electrons. The van der Waals surface area contributed by atoms with E-state index >= 15 is 0 Å². The predicted molar refractivity (Wildman–Crippen MR) is 73.9 cm³/mol. The van der Waals surface area contributed by atoms with Crippen LogP contribution in [-0.2, 0) is 0 Å². The summed E-state index contributed by atoms with van der Waals surface area (Å²) in [6, 6.07) is 12.3. The van der Waals surface area contributed by atoms with Gasteiger partial charge in [-0.1, -0.05) is 6.07 Å². The predicted octanol–water partition coefficient (Wildman–Crippen LogP) is 3.27. The van der Waals surface area contributed by atoms with Crippen LogP contribution in [0.4, 0.5) is 5.69 Å². The Labute approximate surface area is 111 Å². The number of carbonyl (C=O) groups is 1. The number of anilines is 1. The van der Waals surface area contributed by atoms with Gasteiger partial charge in [0.25, 0.3) is 0 Å². The fraction of sp³-hybridized carbons (Fsp3) is 0.133. The quantitative estimate of drug-likeness (QED) is 0.674. The third kappa shape index (κ3) is 3.04. The molecule has 0 aliphatic carbocycles. The number of carbonyl (C=O) groups excluding carboxylic acids is 1. The van der Waals surface area contributed by atoms with E-state index in [1.165, 1.54) is 6.92 Å². The topological polar surface area (TPSA) is 61.6 Å². The summed E-state index contributed by atoms with van der Waals surface area (Å²) in [4.78, 5) is 11.4. The van der Waals surface area contributed by atoms with Crippen LogP contribution in [0.5, 0.6) is 17.2 Å². The van der Waals surface area contributed by atoms with Gasteiger partial charge in [-0.05, 0) is 37.3 Å². The largest absolute Gasteiger partial charge is 0.497 e. The van der Waals surface area contributed by atoms with E-state index in [1.807, 2.05) is 18.2 Å². The van der Waals surface area contributed by atoms with Gasteiger partial charge in [-0.3, -0.25) is 4.79 Å². The maximum absolute atomic E-state index is 11.4. The second kappa shape index (κ2) is 5.44. The summed E-state index contributed by atoms with van der Waals surface area (Å²) in [6.45, 7) is 1.47. The Bertz CT molecular complexity index is 608. The first-order valence-electron chi connectivity index (χ1n) is 5.82. The molecule has 0 aromatic heterocycles. The maximum atomic E-state index is 11.4. The molecule has 0 saturated carbocycles. The summed E-state index contributed by atoms with van der Waals surface area (Å²) in [5.41, 5.74) is 6.64. The zero-order chi connectivity index (χ0) is 13.8. The summed E-state index contributed by atoms with van der Waals surface area (Å²) in [7, 11) is 1.59. The number of nitrogen functional groups attached to an aromatic ring is 1. The summed E-state index contributed by atoms with van der Waals surface area (Å²) < 4.78 is 10.8. The second-order valence-electron chi connectivity index (χ2n) is 4.09. The monoisotopic (exact) mass is 257 g/mol. The van der Waals surface area contributed by atoms with Crippen LogP contribution < -0.4 is 15.2 Å². The average molecular weight is 257 g/mol. The summed E-state index contributed by atoms with van der Waals surface area (Å²) >= 11 is 0. The minimum Gasteiger partial charge on any atom is -0.497 e. The zero-order valence-corrected chi connectivity index (χ0v) is 10.8. The van der Waals surface area contributed by atoms with E-state index in [-0.39, 0.29) is 5.78 Å². The van der Waals surface area contributed by atoms with Gasteiger partial charge in [0.15, 0.2) is 5.78 Å². The van der Waals surface area contributed by atoms with Crippen LogP contribution in [0.3, 0.4) is 0 Å². The first-order valence-corrected chi connectivity index (χ1v) is 5.82. The molecule has 0 aliphatic rings. The Balaban J connectivity index is 2.28. The number of hydrogen-bond acceptors (Lipinski definition) is 4. The van der Waals surface area contributed by atoms with Crippen molar-refractivity contribution in [1.82, 2.24) is 0 Å². The lowest BCUT2D eigenvalue weighted by molar-refractivity contribution is 0.101. The number of Topliss-reactive ketones (excluding diaryl/α,β-unsaturated/α-hetero) is 1. The van der Waals surface area contributed by atoms with Crippen molar-refractivity contribution in [3.63, 3.8) is 0 Å². The molecule has 2 rings (SSSR count). The number of hydrogen-bond donors (Lipinski definition) is 1. The Morgan fingerprint density at radius 3 is 2.42 bits per heavy atom. The fourth-order valence-corrected chi connectivity index (χ4v) is 1.70. The molecule has 0 unspecified atom stereocenters. The fourth-order valence-electron chi connectivity index (χ4n) is 1.70. The van der Waals surface area contributed by atoms with Crippen molar-refractivity contribution in [2.45, 2.75) is 6.92 Å². The third-order valence-corrected chi connectivity index (χ3v) is 2.68. The van der Waals surface area contributed by atoms with Crippen molar-refractivity contribution in [2.24, 2.45) is 0 Å². The number of ether oxygens (including phenoxy) is 2.